The Balaban J connectivity index is 1.57. The molecule has 1 saturated heterocycles. The van der Waals surface area contributed by atoms with Crippen LogP contribution in [0.3, 0.4) is 0 Å². The number of imidazole rings is 1. The molecule has 3 aromatic heterocycles. The summed E-state index contributed by atoms with van der Waals surface area (Å²) in [6.07, 6.45) is 6.13. The molecular weight excluding hydrogens is 364 g/mol. The van der Waals surface area contributed by atoms with Crippen LogP contribution in [0, 0.1) is 6.92 Å². The number of fused-ring (bicyclic) bond motifs is 1. The van der Waals surface area contributed by atoms with Crippen molar-refractivity contribution in [3.05, 3.63) is 82.4 Å². The summed E-state index contributed by atoms with van der Waals surface area (Å²) < 4.78 is 5.30. The maximum absolute atomic E-state index is 13.3. The number of rotatable bonds is 4. The van der Waals surface area contributed by atoms with Gasteiger partial charge in [0.2, 0.25) is 0 Å². The molecule has 1 aliphatic rings. The van der Waals surface area contributed by atoms with Crippen molar-refractivity contribution in [1.82, 2.24) is 29.0 Å². The van der Waals surface area contributed by atoms with Crippen molar-refractivity contribution in [1.29, 1.82) is 0 Å². The van der Waals surface area contributed by atoms with Gasteiger partial charge >= 0.3 is 5.69 Å². The number of aromatic nitrogens is 5. The SMILES string of the molecule is Cc1ccc2nc(Cn3nc([C@@H]4CCCNC4)n(-c4ccccc4)c3=O)cn2c1. The Morgan fingerprint density at radius 2 is 2.00 bits per heavy atom. The Bertz CT molecular complexity index is 1200. The Labute approximate surface area is 168 Å². The van der Waals surface area contributed by atoms with Gasteiger partial charge in [0, 0.05) is 24.9 Å². The summed E-state index contributed by atoms with van der Waals surface area (Å²) in [5.74, 6) is 1.05. The summed E-state index contributed by atoms with van der Waals surface area (Å²) in [5.41, 5.74) is 3.60. The molecule has 1 aliphatic heterocycles. The molecule has 1 aromatic carbocycles. The Kier molecular flexibility index (Phi) is 4.52. The van der Waals surface area contributed by atoms with Gasteiger partial charge in [0.25, 0.3) is 0 Å². The molecule has 1 N–H and O–H groups in total. The van der Waals surface area contributed by atoms with Crippen LogP contribution in [0.1, 0.15) is 35.8 Å². The van der Waals surface area contributed by atoms with Gasteiger partial charge in [-0.05, 0) is 50.1 Å². The Morgan fingerprint density at radius 1 is 1.14 bits per heavy atom. The number of nitrogens with one attached hydrogen (secondary N) is 1. The van der Waals surface area contributed by atoms with Gasteiger partial charge in [-0.25, -0.2) is 19.0 Å². The minimum atomic E-state index is -0.120. The highest BCUT2D eigenvalue weighted by Gasteiger charge is 2.25. The second kappa shape index (κ2) is 7.33. The largest absolute Gasteiger partial charge is 0.350 e. The summed E-state index contributed by atoms with van der Waals surface area (Å²) in [6.45, 7) is 4.27. The maximum atomic E-state index is 13.3. The van der Waals surface area contributed by atoms with Gasteiger partial charge in [0.1, 0.15) is 11.5 Å². The molecule has 148 valence electrons. The topological polar surface area (TPSA) is 69.2 Å². The molecule has 29 heavy (non-hydrogen) atoms. The van der Waals surface area contributed by atoms with E-state index in [9.17, 15) is 4.79 Å². The molecule has 0 radical (unpaired) electrons. The summed E-state index contributed by atoms with van der Waals surface area (Å²) >= 11 is 0. The fraction of sp³-hybridized carbons (Fsp3) is 0.318. The van der Waals surface area contributed by atoms with Crippen LogP contribution >= 0.6 is 0 Å². The van der Waals surface area contributed by atoms with Crippen LogP contribution in [0.25, 0.3) is 11.3 Å². The standard InChI is InChI=1S/C22H24N6O/c1-16-9-10-20-24-18(14-26(20)13-16)15-27-22(29)28(19-7-3-2-4-8-19)21(25-27)17-6-5-11-23-12-17/h2-4,7-10,13-14,17,23H,5-6,11-12,15H2,1H3/t17-/m1/s1. The normalized spacial score (nSPS) is 17.1. The van der Waals surface area contributed by atoms with E-state index < -0.39 is 0 Å². The molecule has 0 bridgehead atoms. The van der Waals surface area contributed by atoms with E-state index in [1.165, 1.54) is 5.56 Å². The molecule has 1 atom stereocenters. The molecule has 0 aliphatic carbocycles. The minimum absolute atomic E-state index is 0.120. The Hall–Kier alpha value is -3.19. The van der Waals surface area contributed by atoms with E-state index in [0.717, 1.165) is 48.8 Å². The summed E-state index contributed by atoms with van der Waals surface area (Å²) in [6, 6.07) is 13.8. The van der Waals surface area contributed by atoms with Gasteiger partial charge in [-0.15, -0.1) is 0 Å². The van der Waals surface area contributed by atoms with E-state index >= 15 is 0 Å². The maximum Gasteiger partial charge on any atom is 0.350 e. The fourth-order valence-electron chi connectivity index (χ4n) is 4.07. The molecule has 5 rings (SSSR count). The van der Waals surface area contributed by atoms with E-state index in [1.807, 2.05) is 59.3 Å². The number of hydrogen-bond donors (Lipinski definition) is 1. The second-order valence-electron chi connectivity index (χ2n) is 7.72. The first-order chi connectivity index (χ1) is 14.2. The molecule has 7 nitrogen and oxygen atoms in total. The third kappa shape index (κ3) is 3.38. The van der Waals surface area contributed by atoms with Gasteiger partial charge in [-0.2, -0.15) is 5.10 Å². The van der Waals surface area contributed by atoms with E-state index in [0.29, 0.717) is 6.54 Å². The average Bonchev–Trinajstić information content (AvgIpc) is 3.29. The van der Waals surface area contributed by atoms with Crippen LogP contribution in [0.5, 0.6) is 0 Å². The predicted molar refractivity (Wildman–Crippen MR) is 112 cm³/mol. The van der Waals surface area contributed by atoms with Crippen LogP contribution in [-0.4, -0.2) is 36.8 Å². The van der Waals surface area contributed by atoms with E-state index in [1.54, 1.807) is 9.25 Å². The average molecular weight is 388 g/mol. The highest BCUT2D eigenvalue weighted by atomic mass is 16.2. The van der Waals surface area contributed by atoms with Crippen LogP contribution in [0.4, 0.5) is 0 Å². The number of nitrogens with zero attached hydrogens (tertiary/aromatic N) is 5. The molecule has 4 heterocycles. The molecule has 1 fully saturated rings. The van der Waals surface area contributed by atoms with Crippen LogP contribution in [0.15, 0.2) is 59.7 Å². The third-order valence-corrected chi connectivity index (χ3v) is 5.50. The summed E-state index contributed by atoms with van der Waals surface area (Å²) in [7, 11) is 0. The lowest BCUT2D eigenvalue weighted by atomic mass is 9.99. The lowest BCUT2D eigenvalue weighted by Gasteiger charge is -2.22. The van der Waals surface area contributed by atoms with Crippen molar-refractivity contribution in [3.63, 3.8) is 0 Å². The molecule has 7 heteroatoms. The van der Waals surface area contributed by atoms with Crippen molar-refractivity contribution in [3.8, 4) is 5.69 Å². The van der Waals surface area contributed by atoms with E-state index in [-0.39, 0.29) is 11.6 Å². The predicted octanol–water partition coefficient (Wildman–Crippen LogP) is 2.51. The lowest BCUT2D eigenvalue weighted by molar-refractivity contribution is 0.439. The van der Waals surface area contributed by atoms with Gasteiger partial charge in [-0.3, -0.25) is 0 Å². The number of benzene rings is 1. The van der Waals surface area contributed by atoms with Gasteiger partial charge in [0.05, 0.1) is 17.9 Å². The first-order valence-electron chi connectivity index (χ1n) is 10.1. The lowest BCUT2D eigenvalue weighted by Crippen LogP contribution is -2.31. The number of piperidine rings is 1. The summed E-state index contributed by atoms with van der Waals surface area (Å²) in [4.78, 5) is 18.0. The van der Waals surface area contributed by atoms with Gasteiger partial charge in [0.15, 0.2) is 0 Å². The number of pyridine rings is 1. The van der Waals surface area contributed by atoms with Crippen LogP contribution in [-0.2, 0) is 6.54 Å². The molecular formula is C22H24N6O. The molecule has 4 aromatic rings. The zero-order chi connectivity index (χ0) is 19.8. The van der Waals surface area contributed by atoms with E-state index in [4.69, 9.17) is 5.10 Å². The summed E-state index contributed by atoms with van der Waals surface area (Å²) in [5, 5.41) is 8.20. The van der Waals surface area contributed by atoms with Crippen molar-refractivity contribution in [2.45, 2.75) is 32.2 Å². The number of aryl methyl sites for hydroxylation is 1. The molecule has 0 spiro atoms. The van der Waals surface area contributed by atoms with Crippen molar-refractivity contribution in [2.75, 3.05) is 13.1 Å². The zero-order valence-corrected chi connectivity index (χ0v) is 16.5. The third-order valence-electron chi connectivity index (χ3n) is 5.50. The van der Waals surface area contributed by atoms with Crippen molar-refractivity contribution < 1.29 is 0 Å². The van der Waals surface area contributed by atoms with Crippen molar-refractivity contribution >= 4 is 5.65 Å². The van der Waals surface area contributed by atoms with E-state index in [2.05, 4.69) is 17.2 Å². The quantitative estimate of drug-likeness (QED) is 0.583. The highest BCUT2D eigenvalue weighted by Crippen LogP contribution is 2.23. The highest BCUT2D eigenvalue weighted by molar-refractivity contribution is 5.41. The number of para-hydroxylation sites is 1. The van der Waals surface area contributed by atoms with Crippen LogP contribution < -0.4 is 11.0 Å². The number of hydrogen-bond acceptors (Lipinski definition) is 4. The monoisotopic (exact) mass is 388 g/mol. The Morgan fingerprint density at radius 3 is 2.79 bits per heavy atom. The first kappa shape index (κ1) is 17.9. The smallest absolute Gasteiger partial charge is 0.316 e. The fourth-order valence-corrected chi connectivity index (χ4v) is 4.07. The minimum Gasteiger partial charge on any atom is -0.316 e. The molecule has 0 amide bonds. The van der Waals surface area contributed by atoms with Gasteiger partial charge in [-0.1, -0.05) is 24.3 Å². The zero-order valence-electron chi connectivity index (χ0n) is 16.5. The first-order valence-corrected chi connectivity index (χ1v) is 10.1. The van der Waals surface area contributed by atoms with Crippen LogP contribution in [0.2, 0.25) is 0 Å². The molecule has 0 saturated carbocycles. The van der Waals surface area contributed by atoms with Gasteiger partial charge < -0.3 is 9.72 Å². The molecule has 0 unspecified atom stereocenters. The second-order valence-corrected chi connectivity index (χ2v) is 7.72. The van der Waals surface area contributed by atoms with Crippen molar-refractivity contribution in [2.24, 2.45) is 0 Å².